The van der Waals surface area contributed by atoms with E-state index in [1.807, 2.05) is 0 Å². The van der Waals surface area contributed by atoms with Gasteiger partial charge in [0, 0.05) is 6.04 Å². The molecule has 0 amide bonds. The highest BCUT2D eigenvalue weighted by Crippen LogP contribution is 2.30. The van der Waals surface area contributed by atoms with Gasteiger partial charge in [-0.15, -0.1) is 0 Å². The van der Waals surface area contributed by atoms with Crippen LogP contribution >= 0.6 is 0 Å². The lowest BCUT2D eigenvalue weighted by Gasteiger charge is -2.22. The lowest BCUT2D eigenvalue weighted by atomic mass is 9.92. The molecule has 1 aliphatic rings. The van der Waals surface area contributed by atoms with Crippen molar-refractivity contribution < 1.29 is 0 Å². The maximum Gasteiger partial charge on any atom is 0.00986 e. The first-order valence-corrected chi connectivity index (χ1v) is 6.59. The van der Waals surface area contributed by atoms with E-state index >= 15 is 0 Å². The van der Waals surface area contributed by atoms with Gasteiger partial charge < -0.3 is 5.32 Å². The molecule has 0 aliphatic heterocycles. The topological polar surface area (TPSA) is 12.0 Å². The second-order valence-electron chi connectivity index (χ2n) is 4.97. The van der Waals surface area contributed by atoms with E-state index in [1.54, 1.807) is 11.1 Å². The molecular weight excluding hydrogens is 194 g/mol. The molecule has 1 aliphatic carbocycles. The summed E-state index contributed by atoms with van der Waals surface area (Å²) in [6.45, 7) is 2.27. The van der Waals surface area contributed by atoms with Gasteiger partial charge >= 0.3 is 0 Å². The fraction of sp³-hybridized carbons (Fsp3) is 0.600. The summed E-state index contributed by atoms with van der Waals surface area (Å²) in [5.41, 5.74) is 3.15. The zero-order chi connectivity index (χ0) is 11.4. The van der Waals surface area contributed by atoms with Crippen molar-refractivity contribution in [1.29, 1.82) is 0 Å². The standard InChI is InChI=1S/C15H23N/c1-3-4-9-15(16-2)14-10-12-7-5-6-8-13(12)11-14/h5-8,14-16H,3-4,9-11H2,1-2H3. The minimum absolute atomic E-state index is 0.701. The van der Waals surface area contributed by atoms with E-state index in [1.165, 1.54) is 32.1 Å². The quantitative estimate of drug-likeness (QED) is 0.798. The number of fused-ring (bicyclic) bond motifs is 1. The first-order chi connectivity index (χ1) is 7.85. The number of hydrogen-bond acceptors (Lipinski definition) is 1. The molecular formula is C15H23N. The molecule has 0 spiro atoms. The van der Waals surface area contributed by atoms with Crippen molar-refractivity contribution in [3.63, 3.8) is 0 Å². The molecule has 1 aromatic carbocycles. The first kappa shape index (κ1) is 11.7. The van der Waals surface area contributed by atoms with Crippen LogP contribution in [0, 0.1) is 5.92 Å². The van der Waals surface area contributed by atoms with E-state index in [2.05, 4.69) is 43.6 Å². The normalized spacial score (nSPS) is 17.4. The molecule has 16 heavy (non-hydrogen) atoms. The first-order valence-electron chi connectivity index (χ1n) is 6.59. The van der Waals surface area contributed by atoms with E-state index < -0.39 is 0 Å². The van der Waals surface area contributed by atoms with Gasteiger partial charge in [0.05, 0.1) is 0 Å². The van der Waals surface area contributed by atoms with Crippen LogP contribution in [0.2, 0.25) is 0 Å². The second-order valence-corrected chi connectivity index (χ2v) is 4.97. The van der Waals surface area contributed by atoms with Crippen LogP contribution in [0.25, 0.3) is 0 Å². The van der Waals surface area contributed by atoms with Gasteiger partial charge in [-0.3, -0.25) is 0 Å². The third kappa shape index (κ3) is 2.46. The Kier molecular flexibility index (Phi) is 4.00. The van der Waals surface area contributed by atoms with E-state index in [9.17, 15) is 0 Å². The van der Waals surface area contributed by atoms with Crippen molar-refractivity contribution in [2.45, 2.75) is 45.1 Å². The Hall–Kier alpha value is -0.820. The van der Waals surface area contributed by atoms with Crippen LogP contribution in [0.5, 0.6) is 0 Å². The lowest BCUT2D eigenvalue weighted by Crippen LogP contribution is -2.34. The maximum atomic E-state index is 3.51. The molecule has 1 nitrogen and oxygen atoms in total. The average molecular weight is 217 g/mol. The molecule has 0 heterocycles. The number of nitrogens with one attached hydrogen (secondary N) is 1. The van der Waals surface area contributed by atoms with Gasteiger partial charge in [-0.1, -0.05) is 44.0 Å². The molecule has 0 saturated heterocycles. The lowest BCUT2D eigenvalue weighted by molar-refractivity contribution is 0.357. The summed E-state index contributed by atoms with van der Waals surface area (Å²) in [5, 5.41) is 3.51. The minimum Gasteiger partial charge on any atom is -0.317 e. The monoisotopic (exact) mass is 217 g/mol. The van der Waals surface area contributed by atoms with Crippen LogP contribution in [-0.4, -0.2) is 13.1 Å². The molecule has 0 bridgehead atoms. The Bertz CT molecular complexity index is 307. The van der Waals surface area contributed by atoms with Gasteiger partial charge in [-0.25, -0.2) is 0 Å². The van der Waals surface area contributed by atoms with Gasteiger partial charge in [0.25, 0.3) is 0 Å². The third-order valence-corrected chi connectivity index (χ3v) is 3.89. The fourth-order valence-electron chi connectivity index (χ4n) is 2.92. The molecule has 0 fully saturated rings. The predicted molar refractivity (Wildman–Crippen MR) is 69.7 cm³/mol. The van der Waals surface area contributed by atoms with E-state index in [0.29, 0.717) is 6.04 Å². The Labute approximate surface area is 99.3 Å². The summed E-state index contributed by atoms with van der Waals surface area (Å²) in [6.07, 6.45) is 6.51. The average Bonchev–Trinajstić information content (AvgIpc) is 2.73. The Balaban J connectivity index is 1.98. The largest absolute Gasteiger partial charge is 0.317 e. The van der Waals surface area contributed by atoms with Crippen LogP contribution in [0.1, 0.15) is 37.3 Å². The van der Waals surface area contributed by atoms with Crippen molar-refractivity contribution in [2.75, 3.05) is 7.05 Å². The number of unbranched alkanes of at least 4 members (excludes halogenated alkanes) is 1. The molecule has 1 atom stereocenters. The van der Waals surface area contributed by atoms with Crippen LogP contribution in [0.3, 0.4) is 0 Å². The van der Waals surface area contributed by atoms with E-state index in [4.69, 9.17) is 0 Å². The van der Waals surface area contributed by atoms with Gasteiger partial charge in [0.15, 0.2) is 0 Å². The third-order valence-electron chi connectivity index (χ3n) is 3.89. The molecule has 1 unspecified atom stereocenters. The maximum absolute atomic E-state index is 3.51. The predicted octanol–water partition coefficient (Wildman–Crippen LogP) is 3.18. The van der Waals surface area contributed by atoms with Crippen LogP contribution < -0.4 is 5.32 Å². The summed E-state index contributed by atoms with van der Waals surface area (Å²) >= 11 is 0. The molecule has 2 rings (SSSR count). The summed E-state index contributed by atoms with van der Waals surface area (Å²) in [4.78, 5) is 0. The highest BCUT2D eigenvalue weighted by molar-refractivity contribution is 5.32. The minimum atomic E-state index is 0.701. The highest BCUT2D eigenvalue weighted by atomic mass is 14.9. The van der Waals surface area contributed by atoms with Crippen LogP contribution in [0.15, 0.2) is 24.3 Å². The summed E-state index contributed by atoms with van der Waals surface area (Å²) in [6, 6.07) is 9.62. The SMILES string of the molecule is CCCCC(NC)C1Cc2ccccc2C1. The summed E-state index contributed by atoms with van der Waals surface area (Å²) in [5.74, 6) is 0.814. The van der Waals surface area contributed by atoms with Gasteiger partial charge in [0.1, 0.15) is 0 Å². The van der Waals surface area contributed by atoms with Crippen molar-refractivity contribution in [1.82, 2.24) is 5.32 Å². The smallest absolute Gasteiger partial charge is 0.00986 e. The van der Waals surface area contributed by atoms with Gasteiger partial charge in [-0.2, -0.15) is 0 Å². The Morgan fingerprint density at radius 1 is 1.25 bits per heavy atom. The fourth-order valence-corrected chi connectivity index (χ4v) is 2.92. The Morgan fingerprint density at radius 3 is 2.38 bits per heavy atom. The molecule has 0 saturated carbocycles. The molecule has 88 valence electrons. The number of hydrogen-bond donors (Lipinski definition) is 1. The zero-order valence-electron chi connectivity index (χ0n) is 10.5. The van der Waals surface area contributed by atoms with Crippen molar-refractivity contribution >= 4 is 0 Å². The number of rotatable bonds is 5. The molecule has 0 aromatic heterocycles. The van der Waals surface area contributed by atoms with Gasteiger partial charge in [0.2, 0.25) is 0 Å². The zero-order valence-corrected chi connectivity index (χ0v) is 10.5. The molecule has 1 N–H and O–H groups in total. The molecule has 1 heteroatoms. The van der Waals surface area contributed by atoms with Crippen LogP contribution in [0.4, 0.5) is 0 Å². The van der Waals surface area contributed by atoms with Crippen molar-refractivity contribution in [2.24, 2.45) is 5.92 Å². The van der Waals surface area contributed by atoms with E-state index in [0.717, 1.165) is 5.92 Å². The van der Waals surface area contributed by atoms with Gasteiger partial charge in [-0.05, 0) is 43.4 Å². The van der Waals surface area contributed by atoms with Crippen molar-refractivity contribution in [3.05, 3.63) is 35.4 Å². The molecule has 0 radical (unpaired) electrons. The number of benzene rings is 1. The highest BCUT2D eigenvalue weighted by Gasteiger charge is 2.26. The second kappa shape index (κ2) is 5.49. The van der Waals surface area contributed by atoms with Crippen LogP contribution in [-0.2, 0) is 12.8 Å². The molecule has 1 aromatic rings. The Morgan fingerprint density at radius 2 is 1.88 bits per heavy atom. The van der Waals surface area contributed by atoms with Crippen molar-refractivity contribution in [3.8, 4) is 0 Å². The summed E-state index contributed by atoms with van der Waals surface area (Å²) < 4.78 is 0. The van der Waals surface area contributed by atoms with E-state index in [-0.39, 0.29) is 0 Å². The summed E-state index contributed by atoms with van der Waals surface area (Å²) in [7, 11) is 2.11.